The third kappa shape index (κ3) is 9.87. The third-order valence-electron chi connectivity index (χ3n) is 5.95. The maximum atomic E-state index is 13.6. The number of alkyl carbamates (subject to hydrolysis) is 1. The lowest BCUT2D eigenvalue weighted by Gasteiger charge is -2.35. The fourth-order valence-corrected chi connectivity index (χ4v) is 6.33. The number of nitrogens with two attached hydrogens (primary N) is 1. The van der Waals surface area contributed by atoms with Crippen molar-refractivity contribution in [3.63, 3.8) is 0 Å². The van der Waals surface area contributed by atoms with E-state index in [4.69, 9.17) is 19.7 Å². The quantitative estimate of drug-likeness (QED) is 0.232. The van der Waals surface area contributed by atoms with Crippen molar-refractivity contribution in [2.75, 3.05) is 32.0 Å². The molecule has 1 aliphatic heterocycles. The van der Waals surface area contributed by atoms with Crippen molar-refractivity contribution >= 4 is 29.6 Å². The second-order valence-corrected chi connectivity index (χ2v) is 12.8. The Hall–Kier alpha value is -2.51. The molecule has 0 bridgehead atoms. The van der Waals surface area contributed by atoms with Crippen LogP contribution in [0.5, 0.6) is 0 Å². The number of carbonyl (C=O) groups is 1. The molecule has 0 aliphatic carbocycles. The van der Waals surface area contributed by atoms with E-state index in [2.05, 4.69) is 5.32 Å². The standard InChI is InChI=1S/C25H36N3O9PS/c1-18(2)15-28(39(33,34)22-10-8-20(26)9-11-22)16-24(37-38(30,31)32)23(14-19-6-4-3-5-7-19)27-25(29)36-21-12-13-35-17-21/h3-11,18,21,23-24H,12-17,26H2,1-2H3,(H,27,29)(H2,30,31,32)/p-1/t21-,23-,24+/m0/s1. The SMILES string of the molecule is CC(C)CN(C[C@@H](OP(=O)([O-])O)[C@H](Cc1ccccc1)NC(=O)O[C@H]1CCOC1)S(=O)(=O)c1ccc(N)cc1. The first-order valence-corrected chi connectivity index (χ1v) is 15.4. The smallest absolute Gasteiger partial charge is 0.407 e. The number of nitrogens with one attached hydrogen (secondary N) is 1. The fraction of sp³-hybridized carbons (Fsp3) is 0.480. The van der Waals surface area contributed by atoms with Crippen LogP contribution in [0.1, 0.15) is 25.8 Å². The van der Waals surface area contributed by atoms with Gasteiger partial charge in [-0.25, -0.2) is 13.2 Å². The third-order valence-corrected chi connectivity index (χ3v) is 8.33. The van der Waals surface area contributed by atoms with Crippen molar-refractivity contribution in [1.82, 2.24) is 9.62 Å². The van der Waals surface area contributed by atoms with Gasteiger partial charge in [-0.3, -0.25) is 4.57 Å². The van der Waals surface area contributed by atoms with E-state index in [0.29, 0.717) is 24.3 Å². The molecule has 0 radical (unpaired) electrons. The summed E-state index contributed by atoms with van der Waals surface area (Å²) in [5, 5.41) is 2.62. The van der Waals surface area contributed by atoms with Crippen molar-refractivity contribution in [2.45, 2.75) is 49.8 Å². The molecule has 1 saturated heterocycles. The van der Waals surface area contributed by atoms with Crippen molar-refractivity contribution < 1.29 is 41.6 Å². The molecule has 1 amide bonds. The average molecular weight is 585 g/mol. The molecule has 0 spiro atoms. The lowest BCUT2D eigenvalue weighted by atomic mass is 10.0. The lowest BCUT2D eigenvalue weighted by molar-refractivity contribution is -0.225. The van der Waals surface area contributed by atoms with Crippen LogP contribution in [0.4, 0.5) is 10.5 Å². The minimum Gasteiger partial charge on any atom is -0.756 e. The van der Waals surface area contributed by atoms with Gasteiger partial charge in [-0.1, -0.05) is 44.2 Å². The van der Waals surface area contributed by atoms with Crippen molar-refractivity contribution in [2.24, 2.45) is 5.92 Å². The molecule has 216 valence electrons. The Labute approximate surface area is 228 Å². The first-order valence-electron chi connectivity index (χ1n) is 12.5. The van der Waals surface area contributed by atoms with Crippen LogP contribution in [-0.4, -0.2) is 68.3 Å². The van der Waals surface area contributed by atoms with Crippen molar-refractivity contribution in [1.29, 1.82) is 0 Å². The minimum absolute atomic E-state index is 0.00305. The second-order valence-electron chi connectivity index (χ2n) is 9.73. The molecule has 1 fully saturated rings. The highest BCUT2D eigenvalue weighted by Crippen LogP contribution is 2.35. The largest absolute Gasteiger partial charge is 0.756 e. The van der Waals surface area contributed by atoms with Gasteiger partial charge in [0, 0.05) is 25.2 Å². The van der Waals surface area contributed by atoms with Gasteiger partial charge in [0.15, 0.2) is 0 Å². The summed E-state index contributed by atoms with van der Waals surface area (Å²) in [5.41, 5.74) is 6.79. The molecule has 4 atom stereocenters. The van der Waals surface area contributed by atoms with Crippen LogP contribution in [-0.2, 0) is 35.0 Å². The fourth-order valence-electron chi connectivity index (χ4n) is 4.16. The number of phosphoric ester groups is 1. The summed E-state index contributed by atoms with van der Waals surface area (Å²) >= 11 is 0. The van der Waals surface area contributed by atoms with E-state index in [9.17, 15) is 27.6 Å². The second kappa shape index (κ2) is 13.7. The van der Waals surface area contributed by atoms with Gasteiger partial charge in [0.25, 0.3) is 7.82 Å². The van der Waals surface area contributed by atoms with Crippen LogP contribution in [0.15, 0.2) is 59.5 Å². The van der Waals surface area contributed by atoms with E-state index in [0.717, 1.165) is 4.31 Å². The number of amides is 1. The van der Waals surface area contributed by atoms with E-state index in [1.165, 1.54) is 24.3 Å². The summed E-state index contributed by atoms with van der Waals surface area (Å²) in [4.78, 5) is 34.3. The summed E-state index contributed by atoms with van der Waals surface area (Å²) in [5.74, 6) is -0.157. The number of nitrogens with zero attached hydrogens (tertiary/aromatic N) is 1. The van der Waals surface area contributed by atoms with Gasteiger partial charge in [-0.15, -0.1) is 0 Å². The number of benzene rings is 2. The molecule has 1 aliphatic rings. The van der Waals surface area contributed by atoms with Crippen LogP contribution < -0.4 is 15.9 Å². The molecule has 12 nitrogen and oxygen atoms in total. The summed E-state index contributed by atoms with van der Waals surface area (Å²) in [7, 11) is -9.53. The Morgan fingerprint density at radius 2 is 1.87 bits per heavy atom. The van der Waals surface area contributed by atoms with Crippen molar-refractivity contribution in [3.8, 4) is 0 Å². The van der Waals surface area contributed by atoms with E-state index in [1.54, 1.807) is 44.2 Å². The normalized spacial score (nSPS) is 19.0. The number of carbonyl (C=O) groups excluding carboxylic acids is 1. The van der Waals surface area contributed by atoms with E-state index in [-0.39, 0.29) is 30.4 Å². The Kier molecular flexibility index (Phi) is 10.9. The molecule has 0 saturated carbocycles. The molecule has 1 heterocycles. The van der Waals surface area contributed by atoms with Crippen LogP contribution in [0.2, 0.25) is 0 Å². The number of ether oxygens (including phenoxy) is 2. The average Bonchev–Trinajstić information content (AvgIpc) is 3.35. The molecule has 3 rings (SSSR count). The summed E-state index contributed by atoms with van der Waals surface area (Å²) < 4.78 is 55.9. The Bertz CT molecular complexity index is 1220. The lowest BCUT2D eigenvalue weighted by Crippen LogP contribution is -2.52. The van der Waals surface area contributed by atoms with Gasteiger partial charge in [0.2, 0.25) is 10.0 Å². The number of hydrogen-bond donors (Lipinski definition) is 3. The zero-order chi connectivity index (χ0) is 28.6. The Morgan fingerprint density at radius 3 is 2.44 bits per heavy atom. The Morgan fingerprint density at radius 1 is 1.21 bits per heavy atom. The van der Waals surface area contributed by atoms with Gasteiger partial charge in [-0.2, -0.15) is 4.31 Å². The van der Waals surface area contributed by atoms with Crippen LogP contribution in [0.3, 0.4) is 0 Å². The van der Waals surface area contributed by atoms with Gasteiger partial charge in [0.05, 0.1) is 24.2 Å². The molecule has 2 aromatic carbocycles. The van der Waals surface area contributed by atoms with Gasteiger partial charge < -0.3 is 34.8 Å². The highest BCUT2D eigenvalue weighted by Gasteiger charge is 2.35. The maximum Gasteiger partial charge on any atom is 0.407 e. The molecule has 2 aromatic rings. The predicted octanol–water partition coefficient (Wildman–Crippen LogP) is 1.89. The topological polar surface area (TPSA) is 181 Å². The number of nitrogen functional groups attached to an aromatic ring is 1. The number of phosphoric acid groups is 1. The van der Waals surface area contributed by atoms with E-state index in [1.807, 2.05) is 0 Å². The van der Waals surface area contributed by atoms with Crippen molar-refractivity contribution in [3.05, 3.63) is 60.2 Å². The minimum atomic E-state index is -5.37. The van der Waals surface area contributed by atoms with Gasteiger partial charge in [-0.05, 0) is 42.2 Å². The zero-order valence-corrected chi connectivity index (χ0v) is 23.6. The van der Waals surface area contributed by atoms with Crippen LogP contribution in [0.25, 0.3) is 0 Å². The van der Waals surface area contributed by atoms with E-state index >= 15 is 0 Å². The molecule has 1 unspecified atom stereocenters. The molecule has 39 heavy (non-hydrogen) atoms. The van der Waals surface area contributed by atoms with E-state index < -0.39 is 48.7 Å². The first kappa shape index (κ1) is 31.0. The number of anilines is 1. The monoisotopic (exact) mass is 584 g/mol. The number of sulfonamides is 1. The molecular formula is C25H35N3O9PS-. The van der Waals surface area contributed by atoms with Crippen LogP contribution >= 0.6 is 7.82 Å². The molecular weight excluding hydrogens is 549 g/mol. The molecule has 4 N–H and O–H groups in total. The van der Waals surface area contributed by atoms with Gasteiger partial charge >= 0.3 is 6.09 Å². The van der Waals surface area contributed by atoms with Gasteiger partial charge in [0.1, 0.15) is 12.2 Å². The predicted molar refractivity (Wildman–Crippen MR) is 142 cm³/mol. The molecule has 0 aromatic heterocycles. The number of rotatable bonds is 13. The summed E-state index contributed by atoms with van der Waals surface area (Å²) in [6.07, 6.45) is -2.28. The summed E-state index contributed by atoms with van der Waals surface area (Å²) in [6.45, 7) is 3.77. The van der Waals surface area contributed by atoms with Crippen LogP contribution in [0, 0.1) is 5.92 Å². The molecule has 14 heteroatoms. The first-order chi connectivity index (χ1) is 18.3. The maximum absolute atomic E-state index is 13.6. The zero-order valence-electron chi connectivity index (χ0n) is 21.8. The summed E-state index contributed by atoms with van der Waals surface area (Å²) in [6, 6.07) is 13.3. The Balaban J connectivity index is 1.96. The number of hydrogen-bond acceptors (Lipinski definition) is 9. The highest BCUT2D eigenvalue weighted by molar-refractivity contribution is 7.89. The highest BCUT2D eigenvalue weighted by atomic mass is 32.2.